The Hall–Kier alpha value is -0.520. The lowest BCUT2D eigenvalue weighted by molar-refractivity contribution is 0.571. The molecule has 0 rings (SSSR count). The average molecular weight is 236 g/mol. The minimum Gasteiger partial charge on any atom is -0.0917 e. The van der Waals surface area contributed by atoms with Crippen LogP contribution in [0.1, 0.15) is 84.5 Å². The van der Waals surface area contributed by atoms with Crippen molar-refractivity contribution in [3.63, 3.8) is 0 Å². The molecule has 0 fully saturated rings. The molecule has 0 N–H and O–H groups in total. The second-order valence-electron chi connectivity index (χ2n) is 4.85. The maximum absolute atomic E-state index is 2.33. The molecule has 0 bridgehead atoms. The van der Waals surface area contributed by atoms with Crippen LogP contribution in [0.25, 0.3) is 0 Å². The molecule has 0 heterocycles. The van der Waals surface area contributed by atoms with Crippen LogP contribution >= 0.6 is 0 Å². The van der Waals surface area contributed by atoms with Gasteiger partial charge in [0, 0.05) is 0 Å². The minimum absolute atomic E-state index is 1.19. The fourth-order valence-electron chi connectivity index (χ4n) is 2.04. The van der Waals surface area contributed by atoms with Crippen molar-refractivity contribution < 1.29 is 0 Å². The number of unbranched alkanes of at least 4 members (excludes halogenated alkanes) is 9. The Kier molecular flexibility index (Phi) is 15.0. The summed E-state index contributed by atoms with van der Waals surface area (Å²) in [4.78, 5) is 0. The molecule has 17 heavy (non-hydrogen) atoms. The predicted octanol–water partition coefficient (Wildman–Crippen LogP) is 6.43. The van der Waals surface area contributed by atoms with E-state index in [2.05, 4.69) is 38.2 Å². The highest BCUT2D eigenvalue weighted by Crippen LogP contribution is 2.11. The molecule has 0 heteroatoms. The lowest BCUT2D eigenvalue weighted by Gasteiger charge is -2.00. The molecule has 0 saturated heterocycles. The standard InChI is InChI=1S/C17H32/c1-3-5-7-9-11-13-15-17-16-14-12-10-8-6-4-2/h3,5-6,8H,4,7,9-17H2,1-2H3/b5-3+,8-6+. The van der Waals surface area contributed by atoms with Crippen molar-refractivity contribution in [1.82, 2.24) is 0 Å². The average Bonchev–Trinajstić information content (AvgIpc) is 2.35. The first-order valence-electron chi connectivity index (χ1n) is 7.68. The van der Waals surface area contributed by atoms with Gasteiger partial charge in [-0.25, -0.2) is 0 Å². The molecule has 0 radical (unpaired) electrons. The summed E-state index contributed by atoms with van der Waals surface area (Å²) in [5, 5.41) is 0. The molecule has 0 saturated carbocycles. The molecular weight excluding hydrogens is 204 g/mol. The van der Waals surface area contributed by atoms with Gasteiger partial charge in [0.2, 0.25) is 0 Å². The predicted molar refractivity (Wildman–Crippen MR) is 80.4 cm³/mol. The van der Waals surface area contributed by atoms with Crippen LogP contribution in [0.15, 0.2) is 24.3 Å². The van der Waals surface area contributed by atoms with Crippen molar-refractivity contribution in [2.24, 2.45) is 0 Å². The van der Waals surface area contributed by atoms with Gasteiger partial charge < -0.3 is 0 Å². The third-order valence-electron chi connectivity index (χ3n) is 3.13. The van der Waals surface area contributed by atoms with Gasteiger partial charge in [0.1, 0.15) is 0 Å². The van der Waals surface area contributed by atoms with Gasteiger partial charge in [0.25, 0.3) is 0 Å². The summed E-state index contributed by atoms with van der Waals surface area (Å²) < 4.78 is 0. The zero-order valence-corrected chi connectivity index (χ0v) is 12.1. The summed E-state index contributed by atoms with van der Waals surface area (Å²) in [7, 11) is 0. The van der Waals surface area contributed by atoms with E-state index in [4.69, 9.17) is 0 Å². The molecule has 100 valence electrons. The highest BCUT2D eigenvalue weighted by molar-refractivity contribution is 4.79. The van der Waals surface area contributed by atoms with E-state index in [0.717, 1.165) is 0 Å². The van der Waals surface area contributed by atoms with Gasteiger partial charge in [-0.05, 0) is 39.0 Å². The molecule has 0 aromatic rings. The molecule has 0 aliphatic rings. The van der Waals surface area contributed by atoms with Crippen molar-refractivity contribution in [3.8, 4) is 0 Å². The Bertz CT molecular complexity index is 176. The van der Waals surface area contributed by atoms with Gasteiger partial charge in [0.15, 0.2) is 0 Å². The lowest BCUT2D eigenvalue weighted by Crippen LogP contribution is -1.81. The summed E-state index contributed by atoms with van der Waals surface area (Å²) in [6, 6.07) is 0. The van der Waals surface area contributed by atoms with Crippen molar-refractivity contribution in [2.75, 3.05) is 0 Å². The molecule has 0 aliphatic carbocycles. The van der Waals surface area contributed by atoms with E-state index in [-0.39, 0.29) is 0 Å². The first-order valence-corrected chi connectivity index (χ1v) is 7.68. The van der Waals surface area contributed by atoms with E-state index in [9.17, 15) is 0 Å². The van der Waals surface area contributed by atoms with Crippen LogP contribution in [0.5, 0.6) is 0 Å². The van der Waals surface area contributed by atoms with Gasteiger partial charge >= 0.3 is 0 Å². The molecule has 0 aliphatic heterocycles. The van der Waals surface area contributed by atoms with E-state index >= 15 is 0 Å². The second kappa shape index (κ2) is 15.5. The van der Waals surface area contributed by atoms with Crippen molar-refractivity contribution >= 4 is 0 Å². The largest absolute Gasteiger partial charge is 0.0917 e. The van der Waals surface area contributed by atoms with E-state index in [1.54, 1.807) is 0 Å². The minimum atomic E-state index is 1.19. The molecule has 0 spiro atoms. The molecular formula is C17H32. The molecule has 0 unspecified atom stereocenters. The highest BCUT2D eigenvalue weighted by Gasteiger charge is 1.91. The fourth-order valence-corrected chi connectivity index (χ4v) is 2.04. The van der Waals surface area contributed by atoms with Gasteiger partial charge in [0.05, 0.1) is 0 Å². The number of allylic oxidation sites excluding steroid dienone is 4. The Balaban J connectivity index is 2.96. The summed E-state index contributed by atoms with van der Waals surface area (Å²) >= 11 is 0. The first kappa shape index (κ1) is 16.5. The van der Waals surface area contributed by atoms with E-state index in [1.165, 1.54) is 70.6 Å². The van der Waals surface area contributed by atoms with E-state index in [1.807, 2.05) is 0 Å². The van der Waals surface area contributed by atoms with Crippen molar-refractivity contribution in [2.45, 2.75) is 84.5 Å². The summed E-state index contributed by atoms with van der Waals surface area (Å²) in [5.74, 6) is 0. The van der Waals surface area contributed by atoms with Crippen LogP contribution in [-0.4, -0.2) is 0 Å². The van der Waals surface area contributed by atoms with Crippen LogP contribution in [0.3, 0.4) is 0 Å². The van der Waals surface area contributed by atoms with Gasteiger partial charge in [-0.1, -0.05) is 69.8 Å². The van der Waals surface area contributed by atoms with Crippen LogP contribution in [0, 0.1) is 0 Å². The number of hydrogen-bond acceptors (Lipinski definition) is 0. The molecule has 0 amide bonds. The molecule has 0 aromatic heterocycles. The van der Waals surface area contributed by atoms with Crippen LogP contribution in [-0.2, 0) is 0 Å². The van der Waals surface area contributed by atoms with Crippen LogP contribution in [0.4, 0.5) is 0 Å². The van der Waals surface area contributed by atoms with Crippen molar-refractivity contribution in [3.05, 3.63) is 24.3 Å². The topological polar surface area (TPSA) is 0 Å². The van der Waals surface area contributed by atoms with E-state index < -0.39 is 0 Å². The maximum Gasteiger partial charge on any atom is -0.0351 e. The quantitative estimate of drug-likeness (QED) is 0.270. The fraction of sp³-hybridized carbons (Fsp3) is 0.765. The highest BCUT2D eigenvalue weighted by atomic mass is 14.0. The SMILES string of the molecule is C/C=C/CCCCCCCCCC/C=C/CC. The van der Waals surface area contributed by atoms with Gasteiger partial charge in [-0.15, -0.1) is 0 Å². The van der Waals surface area contributed by atoms with Gasteiger partial charge in [-0.2, -0.15) is 0 Å². The zero-order chi connectivity index (χ0) is 12.6. The third-order valence-corrected chi connectivity index (χ3v) is 3.13. The summed E-state index contributed by atoms with van der Waals surface area (Å²) in [6.45, 7) is 4.31. The first-order chi connectivity index (χ1) is 8.41. The Morgan fingerprint density at radius 2 is 1.06 bits per heavy atom. The number of hydrogen-bond donors (Lipinski definition) is 0. The van der Waals surface area contributed by atoms with Crippen LogP contribution < -0.4 is 0 Å². The maximum atomic E-state index is 2.33. The Morgan fingerprint density at radius 1 is 0.588 bits per heavy atom. The van der Waals surface area contributed by atoms with Crippen molar-refractivity contribution in [1.29, 1.82) is 0 Å². The normalized spacial score (nSPS) is 11.9. The third kappa shape index (κ3) is 15.5. The zero-order valence-electron chi connectivity index (χ0n) is 12.1. The Labute approximate surface area is 109 Å². The molecule has 0 aromatic carbocycles. The van der Waals surface area contributed by atoms with Gasteiger partial charge in [-0.3, -0.25) is 0 Å². The monoisotopic (exact) mass is 236 g/mol. The van der Waals surface area contributed by atoms with Crippen LogP contribution in [0.2, 0.25) is 0 Å². The molecule has 0 nitrogen and oxygen atoms in total. The summed E-state index contributed by atoms with van der Waals surface area (Å²) in [6.07, 6.45) is 24.2. The summed E-state index contributed by atoms with van der Waals surface area (Å²) in [5.41, 5.74) is 0. The second-order valence-corrected chi connectivity index (χ2v) is 4.85. The Morgan fingerprint density at radius 3 is 1.53 bits per heavy atom. The van der Waals surface area contributed by atoms with E-state index in [0.29, 0.717) is 0 Å². The molecule has 0 atom stereocenters. The lowest BCUT2D eigenvalue weighted by atomic mass is 10.1. The number of rotatable bonds is 12. The smallest absolute Gasteiger partial charge is 0.0351 e.